The number of nitrogens with one attached hydrogen (secondary N) is 1. The standard InChI is InChI=1S/C12H10BrF2N3/c1-2-11-17-10(13)6-12(18-11)16-9-4-3-7(14)5-8(9)15/h3-6H,2H2,1H3,(H,16,17,18). The molecule has 1 heterocycles. The van der Waals surface area contributed by atoms with E-state index >= 15 is 0 Å². The van der Waals surface area contributed by atoms with Crippen LogP contribution in [-0.2, 0) is 6.42 Å². The second-order valence-corrected chi connectivity index (χ2v) is 4.41. The minimum absolute atomic E-state index is 0.170. The molecular formula is C12H10BrF2N3. The number of halogens is 3. The summed E-state index contributed by atoms with van der Waals surface area (Å²) < 4.78 is 26.8. The van der Waals surface area contributed by atoms with Gasteiger partial charge in [0.2, 0.25) is 0 Å². The van der Waals surface area contributed by atoms with Crippen LogP contribution < -0.4 is 5.32 Å². The summed E-state index contributed by atoms with van der Waals surface area (Å²) in [6.45, 7) is 1.92. The van der Waals surface area contributed by atoms with E-state index in [9.17, 15) is 8.78 Å². The number of nitrogens with zero attached hydrogens (tertiary/aromatic N) is 2. The van der Waals surface area contributed by atoms with Crippen molar-refractivity contribution in [3.05, 3.63) is 46.3 Å². The minimum atomic E-state index is -0.664. The molecule has 0 aliphatic carbocycles. The van der Waals surface area contributed by atoms with Crippen molar-refractivity contribution in [3.8, 4) is 0 Å². The number of hydrogen-bond donors (Lipinski definition) is 1. The summed E-state index contributed by atoms with van der Waals surface area (Å²) in [7, 11) is 0. The molecule has 0 amide bonds. The molecule has 0 fully saturated rings. The molecule has 0 atom stereocenters. The zero-order chi connectivity index (χ0) is 13.1. The summed E-state index contributed by atoms with van der Waals surface area (Å²) in [5.74, 6) is -0.187. The molecule has 0 spiro atoms. The van der Waals surface area contributed by atoms with Gasteiger partial charge in [-0.2, -0.15) is 0 Å². The molecule has 0 aliphatic heterocycles. The van der Waals surface area contributed by atoms with Crippen LogP contribution in [-0.4, -0.2) is 9.97 Å². The van der Waals surface area contributed by atoms with Gasteiger partial charge in [0.15, 0.2) is 0 Å². The van der Waals surface area contributed by atoms with Crippen molar-refractivity contribution in [2.24, 2.45) is 0 Å². The smallest absolute Gasteiger partial charge is 0.149 e. The first kappa shape index (κ1) is 12.9. The fraction of sp³-hybridized carbons (Fsp3) is 0.167. The number of benzene rings is 1. The molecule has 6 heteroatoms. The van der Waals surface area contributed by atoms with Gasteiger partial charge in [-0.15, -0.1) is 0 Å². The number of rotatable bonds is 3. The molecular weight excluding hydrogens is 304 g/mol. The summed E-state index contributed by atoms with van der Waals surface area (Å²) in [5, 5.41) is 2.79. The van der Waals surface area contributed by atoms with E-state index in [2.05, 4.69) is 31.2 Å². The Balaban J connectivity index is 2.30. The van der Waals surface area contributed by atoms with Gasteiger partial charge < -0.3 is 5.32 Å². The first-order valence-corrected chi connectivity index (χ1v) is 6.13. The van der Waals surface area contributed by atoms with Crippen molar-refractivity contribution < 1.29 is 8.78 Å². The van der Waals surface area contributed by atoms with Crippen LogP contribution in [0.2, 0.25) is 0 Å². The van der Waals surface area contributed by atoms with Crippen LogP contribution >= 0.6 is 15.9 Å². The van der Waals surface area contributed by atoms with Crippen molar-refractivity contribution in [2.45, 2.75) is 13.3 Å². The molecule has 0 aliphatic rings. The molecule has 3 nitrogen and oxygen atoms in total. The van der Waals surface area contributed by atoms with E-state index in [4.69, 9.17) is 0 Å². The molecule has 0 saturated heterocycles. The Morgan fingerprint density at radius 1 is 1.22 bits per heavy atom. The largest absolute Gasteiger partial charge is 0.338 e. The molecule has 94 valence electrons. The lowest BCUT2D eigenvalue weighted by Gasteiger charge is -2.08. The molecule has 1 N–H and O–H groups in total. The number of aromatic nitrogens is 2. The maximum Gasteiger partial charge on any atom is 0.149 e. The van der Waals surface area contributed by atoms with Gasteiger partial charge in [0.05, 0.1) is 5.69 Å². The van der Waals surface area contributed by atoms with Crippen LogP contribution in [0.3, 0.4) is 0 Å². The Labute approximate surface area is 111 Å². The highest BCUT2D eigenvalue weighted by Gasteiger charge is 2.06. The molecule has 18 heavy (non-hydrogen) atoms. The van der Waals surface area contributed by atoms with Crippen LogP contribution in [0.25, 0.3) is 0 Å². The number of anilines is 2. The Hall–Kier alpha value is -1.56. The fourth-order valence-electron chi connectivity index (χ4n) is 1.42. The molecule has 0 radical (unpaired) electrons. The summed E-state index contributed by atoms with van der Waals surface area (Å²) in [5.41, 5.74) is 0.170. The molecule has 0 saturated carbocycles. The normalized spacial score (nSPS) is 10.4. The predicted octanol–water partition coefficient (Wildman–Crippen LogP) is 3.82. The lowest BCUT2D eigenvalue weighted by molar-refractivity contribution is 0.586. The summed E-state index contributed by atoms with van der Waals surface area (Å²) in [6.07, 6.45) is 0.667. The van der Waals surface area contributed by atoms with Crippen molar-refractivity contribution >= 4 is 27.4 Å². The molecule has 0 bridgehead atoms. The van der Waals surface area contributed by atoms with Gasteiger partial charge in [-0.25, -0.2) is 18.7 Å². The van der Waals surface area contributed by atoms with Gasteiger partial charge in [0, 0.05) is 18.6 Å². The van der Waals surface area contributed by atoms with Crippen LogP contribution in [0.5, 0.6) is 0 Å². The van der Waals surface area contributed by atoms with E-state index in [0.717, 1.165) is 6.07 Å². The topological polar surface area (TPSA) is 37.8 Å². The summed E-state index contributed by atoms with van der Waals surface area (Å²) >= 11 is 3.25. The minimum Gasteiger partial charge on any atom is -0.338 e. The average molecular weight is 314 g/mol. The Morgan fingerprint density at radius 3 is 2.67 bits per heavy atom. The Morgan fingerprint density at radius 2 is 2.00 bits per heavy atom. The van der Waals surface area contributed by atoms with Crippen molar-refractivity contribution in [1.82, 2.24) is 9.97 Å². The molecule has 2 rings (SSSR count). The highest BCUT2D eigenvalue weighted by atomic mass is 79.9. The highest BCUT2D eigenvalue weighted by Crippen LogP contribution is 2.21. The molecule has 2 aromatic rings. The number of aryl methyl sites for hydroxylation is 1. The lowest BCUT2D eigenvalue weighted by atomic mass is 10.3. The van der Waals surface area contributed by atoms with E-state index in [1.807, 2.05) is 6.92 Å². The monoisotopic (exact) mass is 313 g/mol. The molecule has 1 aromatic carbocycles. The summed E-state index contributed by atoms with van der Waals surface area (Å²) in [4.78, 5) is 8.34. The lowest BCUT2D eigenvalue weighted by Crippen LogP contribution is -2.01. The van der Waals surface area contributed by atoms with Crippen molar-refractivity contribution in [2.75, 3.05) is 5.32 Å². The highest BCUT2D eigenvalue weighted by molar-refractivity contribution is 9.10. The van der Waals surface area contributed by atoms with Gasteiger partial charge in [0.25, 0.3) is 0 Å². The second-order valence-electron chi connectivity index (χ2n) is 3.59. The zero-order valence-corrected chi connectivity index (χ0v) is 11.1. The van der Waals surface area contributed by atoms with Gasteiger partial charge in [-0.3, -0.25) is 0 Å². The Bertz CT molecular complexity index is 575. The van der Waals surface area contributed by atoms with E-state index < -0.39 is 11.6 Å². The van der Waals surface area contributed by atoms with Crippen LogP contribution in [0.15, 0.2) is 28.9 Å². The van der Waals surface area contributed by atoms with Gasteiger partial charge in [-0.05, 0) is 28.1 Å². The Kier molecular flexibility index (Phi) is 3.86. The third-order valence-electron chi connectivity index (χ3n) is 2.25. The van der Waals surface area contributed by atoms with Crippen LogP contribution in [0, 0.1) is 11.6 Å². The van der Waals surface area contributed by atoms with Gasteiger partial charge in [0.1, 0.15) is 27.9 Å². The quantitative estimate of drug-likeness (QED) is 0.875. The molecule has 1 aromatic heterocycles. The number of hydrogen-bond acceptors (Lipinski definition) is 3. The van der Waals surface area contributed by atoms with Crippen molar-refractivity contribution in [1.29, 1.82) is 0 Å². The maximum absolute atomic E-state index is 13.5. The SMILES string of the molecule is CCc1nc(Br)cc(Nc2ccc(F)cc2F)n1. The first-order valence-electron chi connectivity index (χ1n) is 5.34. The van der Waals surface area contributed by atoms with Crippen LogP contribution in [0.1, 0.15) is 12.7 Å². The third-order valence-corrected chi connectivity index (χ3v) is 2.66. The molecule has 0 unspecified atom stereocenters. The van der Waals surface area contributed by atoms with E-state index in [-0.39, 0.29) is 5.69 Å². The maximum atomic E-state index is 13.5. The zero-order valence-electron chi connectivity index (χ0n) is 9.54. The average Bonchev–Trinajstić information content (AvgIpc) is 2.32. The van der Waals surface area contributed by atoms with Gasteiger partial charge >= 0.3 is 0 Å². The predicted molar refractivity (Wildman–Crippen MR) is 68.8 cm³/mol. The van der Waals surface area contributed by atoms with Gasteiger partial charge in [-0.1, -0.05) is 6.92 Å². The van der Waals surface area contributed by atoms with E-state index in [1.165, 1.54) is 12.1 Å². The fourth-order valence-corrected chi connectivity index (χ4v) is 1.84. The summed E-state index contributed by atoms with van der Waals surface area (Å²) in [6, 6.07) is 4.95. The van der Waals surface area contributed by atoms with Crippen molar-refractivity contribution in [3.63, 3.8) is 0 Å². The third kappa shape index (κ3) is 3.01. The van der Waals surface area contributed by atoms with E-state index in [0.29, 0.717) is 22.7 Å². The first-order chi connectivity index (χ1) is 8.58. The van der Waals surface area contributed by atoms with E-state index in [1.54, 1.807) is 6.07 Å². The second kappa shape index (κ2) is 5.39. The van der Waals surface area contributed by atoms with Crippen LogP contribution in [0.4, 0.5) is 20.3 Å².